The number of fused-ring (bicyclic) bond motifs is 1. The van der Waals surface area contributed by atoms with Gasteiger partial charge in [-0.25, -0.2) is 4.79 Å². The summed E-state index contributed by atoms with van der Waals surface area (Å²) in [6, 6.07) is 9.98. The highest BCUT2D eigenvalue weighted by Crippen LogP contribution is 2.46. The van der Waals surface area contributed by atoms with Crippen LogP contribution >= 0.6 is 0 Å². The van der Waals surface area contributed by atoms with Crippen molar-refractivity contribution in [3.8, 4) is 11.3 Å². The normalized spacial score (nSPS) is 24.0. The Morgan fingerprint density at radius 3 is 2.62 bits per heavy atom. The van der Waals surface area contributed by atoms with Crippen LogP contribution in [0.3, 0.4) is 0 Å². The quantitative estimate of drug-likeness (QED) is 0.811. The Balaban J connectivity index is 1.23. The van der Waals surface area contributed by atoms with Crippen LogP contribution in [0.15, 0.2) is 36.5 Å². The molecule has 1 unspecified atom stereocenters. The number of nitrogens with zero attached hydrogens (tertiary/aromatic N) is 4. The molecule has 152 valence electrons. The molecule has 4 heterocycles. The minimum Gasteiger partial charge on any atom is -0.312 e. The molecule has 3 aliphatic heterocycles. The fourth-order valence-corrected chi connectivity index (χ4v) is 5.27. The van der Waals surface area contributed by atoms with Crippen LogP contribution in [-0.4, -0.2) is 69.1 Å². The second-order valence-corrected chi connectivity index (χ2v) is 8.63. The first-order valence-corrected chi connectivity index (χ1v) is 10.5. The third kappa shape index (κ3) is 3.04. The predicted molar refractivity (Wildman–Crippen MR) is 109 cm³/mol. The zero-order valence-electron chi connectivity index (χ0n) is 16.8. The lowest BCUT2D eigenvalue weighted by atomic mass is 9.76. The number of carbonyl (C=O) groups excluding carboxylic acids is 2. The van der Waals surface area contributed by atoms with E-state index >= 15 is 0 Å². The molecule has 1 N–H and O–H groups in total. The molecule has 7 heteroatoms. The average molecular weight is 393 g/mol. The number of likely N-dealkylation sites (tertiary alicyclic amines) is 1. The monoisotopic (exact) mass is 393 g/mol. The summed E-state index contributed by atoms with van der Waals surface area (Å²) < 4.78 is 0. The number of imide groups is 1. The molecule has 0 radical (unpaired) electrons. The molecule has 0 bridgehead atoms. The molecule has 1 spiro atoms. The Kier molecular flexibility index (Phi) is 4.42. The SMILES string of the molecule is CCN1C(=O)C2CC3(CCN(Cc4cn[nH]c4-c4ccccc4)CC3)CN2C1=O. The van der Waals surface area contributed by atoms with Crippen molar-refractivity contribution in [2.75, 3.05) is 26.2 Å². The highest BCUT2D eigenvalue weighted by atomic mass is 16.2. The zero-order valence-corrected chi connectivity index (χ0v) is 16.8. The van der Waals surface area contributed by atoms with Crippen molar-refractivity contribution in [1.82, 2.24) is 24.9 Å². The van der Waals surface area contributed by atoms with Crippen molar-refractivity contribution in [2.45, 2.75) is 38.8 Å². The Morgan fingerprint density at radius 1 is 1.17 bits per heavy atom. The molecule has 1 atom stereocenters. The fourth-order valence-electron chi connectivity index (χ4n) is 5.27. The number of amides is 3. The summed E-state index contributed by atoms with van der Waals surface area (Å²) in [5.74, 6) is 0.00250. The predicted octanol–water partition coefficient (Wildman–Crippen LogP) is 2.72. The second-order valence-electron chi connectivity index (χ2n) is 8.63. The van der Waals surface area contributed by atoms with E-state index in [-0.39, 0.29) is 23.4 Å². The van der Waals surface area contributed by atoms with E-state index in [1.54, 1.807) is 0 Å². The number of rotatable bonds is 4. The first kappa shape index (κ1) is 18.4. The van der Waals surface area contributed by atoms with Crippen molar-refractivity contribution >= 4 is 11.9 Å². The maximum Gasteiger partial charge on any atom is 0.327 e. The number of hydrogen-bond donors (Lipinski definition) is 1. The number of hydrogen-bond acceptors (Lipinski definition) is 4. The van der Waals surface area contributed by atoms with Crippen LogP contribution in [0.4, 0.5) is 4.79 Å². The van der Waals surface area contributed by atoms with Crippen LogP contribution in [-0.2, 0) is 11.3 Å². The molecule has 2 aromatic rings. The van der Waals surface area contributed by atoms with Crippen LogP contribution in [0.5, 0.6) is 0 Å². The number of piperidine rings is 1. The Bertz CT molecular complexity index is 890. The Hall–Kier alpha value is -2.67. The molecule has 29 heavy (non-hydrogen) atoms. The summed E-state index contributed by atoms with van der Waals surface area (Å²) in [7, 11) is 0. The summed E-state index contributed by atoms with van der Waals surface area (Å²) in [4.78, 5) is 30.7. The summed E-state index contributed by atoms with van der Waals surface area (Å²) >= 11 is 0. The van der Waals surface area contributed by atoms with Crippen LogP contribution in [0.25, 0.3) is 11.3 Å². The van der Waals surface area contributed by atoms with E-state index in [0.717, 1.165) is 56.7 Å². The lowest BCUT2D eigenvalue weighted by Gasteiger charge is -2.39. The van der Waals surface area contributed by atoms with Crippen molar-refractivity contribution in [2.24, 2.45) is 5.41 Å². The second kappa shape index (κ2) is 6.99. The van der Waals surface area contributed by atoms with E-state index < -0.39 is 0 Å². The lowest BCUT2D eigenvalue weighted by Crippen LogP contribution is -2.43. The lowest BCUT2D eigenvalue weighted by molar-refractivity contribution is -0.128. The number of benzene rings is 1. The van der Waals surface area contributed by atoms with E-state index in [2.05, 4.69) is 27.2 Å². The van der Waals surface area contributed by atoms with E-state index in [0.29, 0.717) is 6.54 Å². The van der Waals surface area contributed by atoms with Gasteiger partial charge in [0.1, 0.15) is 6.04 Å². The van der Waals surface area contributed by atoms with Crippen molar-refractivity contribution < 1.29 is 9.59 Å². The number of likely N-dealkylation sites (N-methyl/N-ethyl adjacent to an activating group) is 1. The number of carbonyl (C=O) groups is 2. The number of urea groups is 1. The smallest absolute Gasteiger partial charge is 0.312 e. The van der Waals surface area contributed by atoms with Crippen molar-refractivity contribution in [3.63, 3.8) is 0 Å². The number of aromatic nitrogens is 2. The molecule has 5 rings (SSSR count). The van der Waals surface area contributed by atoms with Gasteiger partial charge in [-0.3, -0.25) is 19.7 Å². The molecule has 0 saturated carbocycles. The van der Waals surface area contributed by atoms with Gasteiger partial charge in [-0.2, -0.15) is 5.10 Å². The summed E-state index contributed by atoms with van der Waals surface area (Å²) in [5.41, 5.74) is 3.55. The molecular weight excluding hydrogens is 366 g/mol. The third-order valence-corrected chi connectivity index (χ3v) is 6.94. The summed E-state index contributed by atoms with van der Waals surface area (Å²) in [5, 5.41) is 7.41. The third-order valence-electron chi connectivity index (χ3n) is 6.94. The topological polar surface area (TPSA) is 72.5 Å². The summed E-state index contributed by atoms with van der Waals surface area (Å²) in [6.45, 7) is 5.91. The van der Waals surface area contributed by atoms with Gasteiger partial charge in [0.15, 0.2) is 0 Å². The van der Waals surface area contributed by atoms with Gasteiger partial charge in [0.2, 0.25) is 0 Å². The van der Waals surface area contributed by atoms with Gasteiger partial charge in [-0.1, -0.05) is 30.3 Å². The van der Waals surface area contributed by atoms with Gasteiger partial charge < -0.3 is 4.90 Å². The van der Waals surface area contributed by atoms with Gasteiger partial charge >= 0.3 is 6.03 Å². The molecule has 1 aromatic heterocycles. The summed E-state index contributed by atoms with van der Waals surface area (Å²) in [6.07, 6.45) is 4.81. The van der Waals surface area contributed by atoms with Crippen LogP contribution in [0.2, 0.25) is 0 Å². The first-order chi connectivity index (χ1) is 14.1. The molecule has 0 aliphatic carbocycles. The molecule has 3 amide bonds. The van der Waals surface area contributed by atoms with E-state index in [1.165, 1.54) is 10.5 Å². The maximum absolute atomic E-state index is 12.5. The molecular formula is C22H27N5O2. The van der Waals surface area contributed by atoms with Crippen LogP contribution in [0.1, 0.15) is 31.7 Å². The number of nitrogens with one attached hydrogen (secondary N) is 1. The highest BCUT2D eigenvalue weighted by molar-refractivity contribution is 6.04. The molecule has 3 saturated heterocycles. The van der Waals surface area contributed by atoms with E-state index in [1.807, 2.05) is 36.2 Å². The minimum absolute atomic E-state index is 0.00250. The van der Waals surface area contributed by atoms with Gasteiger partial charge in [0.05, 0.1) is 11.9 Å². The van der Waals surface area contributed by atoms with Gasteiger partial charge in [0.25, 0.3) is 5.91 Å². The Labute approximate surface area is 170 Å². The standard InChI is InChI=1S/C22H27N5O2/c1-2-26-20(28)18-12-22(15-27(18)21(26)29)8-10-25(11-9-22)14-17-13-23-24-19(17)16-6-4-3-5-7-16/h3-7,13,18H,2,8-12,14-15H2,1H3,(H,23,24). The van der Waals surface area contributed by atoms with Crippen LogP contribution in [0, 0.1) is 5.41 Å². The fraction of sp³-hybridized carbons (Fsp3) is 0.500. The van der Waals surface area contributed by atoms with Crippen LogP contribution < -0.4 is 0 Å². The van der Waals surface area contributed by atoms with Crippen molar-refractivity contribution in [1.29, 1.82) is 0 Å². The highest BCUT2D eigenvalue weighted by Gasteiger charge is 2.55. The number of H-pyrrole nitrogens is 1. The van der Waals surface area contributed by atoms with E-state index in [9.17, 15) is 9.59 Å². The van der Waals surface area contributed by atoms with E-state index in [4.69, 9.17) is 0 Å². The molecule has 1 aromatic carbocycles. The first-order valence-electron chi connectivity index (χ1n) is 10.5. The zero-order chi connectivity index (χ0) is 20.0. The average Bonchev–Trinajstić information content (AvgIpc) is 3.41. The van der Waals surface area contributed by atoms with Gasteiger partial charge in [0, 0.05) is 25.2 Å². The Morgan fingerprint density at radius 2 is 1.93 bits per heavy atom. The van der Waals surface area contributed by atoms with Gasteiger partial charge in [-0.05, 0) is 50.3 Å². The van der Waals surface area contributed by atoms with Crippen molar-refractivity contribution in [3.05, 3.63) is 42.1 Å². The maximum atomic E-state index is 12.5. The van der Waals surface area contributed by atoms with Gasteiger partial charge in [-0.15, -0.1) is 0 Å². The largest absolute Gasteiger partial charge is 0.327 e. The molecule has 3 fully saturated rings. The number of aromatic amines is 1. The molecule has 3 aliphatic rings. The minimum atomic E-state index is -0.229. The molecule has 7 nitrogen and oxygen atoms in total.